The van der Waals surface area contributed by atoms with Crippen LogP contribution in [0.5, 0.6) is 0 Å². The van der Waals surface area contributed by atoms with Crippen LogP contribution in [0.15, 0.2) is 29.6 Å². The second-order valence-corrected chi connectivity index (χ2v) is 7.54. The topological polar surface area (TPSA) is 51.4 Å². The smallest absolute Gasteiger partial charge is 0.145 e. The van der Waals surface area contributed by atoms with E-state index in [2.05, 4.69) is 38.5 Å². The van der Waals surface area contributed by atoms with E-state index < -0.39 is 0 Å². The molecule has 2 aliphatic heterocycles. The molecule has 0 radical (unpaired) electrons. The molecule has 1 aliphatic carbocycles. The van der Waals surface area contributed by atoms with Gasteiger partial charge in [-0.25, -0.2) is 0 Å². The number of nitrogens with zero attached hydrogens (tertiary/aromatic N) is 3. The van der Waals surface area contributed by atoms with E-state index in [9.17, 15) is 0 Å². The molecule has 1 aromatic heterocycles. The van der Waals surface area contributed by atoms with Gasteiger partial charge >= 0.3 is 0 Å². The molecular formula is C19H25ClN4O. The maximum atomic E-state index is 5.90. The van der Waals surface area contributed by atoms with E-state index in [0.29, 0.717) is 6.04 Å². The van der Waals surface area contributed by atoms with E-state index in [1.807, 2.05) is 6.20 Å². The molecule has 5 rings (SSSR count). The third-order valence-corrected chi connectivity index (χ3v) is 5.96. The van der Waals surface area contributed by atoms with Crippen molar-refractivity contribution in [1.29, 1.82) is 0 Å². The van der Waals surface area contributed by atoms with Crippen LogP contribution >= 0.6 is 12.4 Å². The average molecular weight is 361 g/mol. The molecule has 3 aliphatic rings. The van der Waals surface area contributed by atoms with E-state index >= 15 is 0 Å². The van der Waals surface area contributed by atoms with Crippen molar-refractivity contribution in [1.82, 2.24) is 15.1 Å². The molecule has 0 amide bonds. The second kappa shape index (κ2) is 6.61. The van der Waals surface area contributed by atoms with E-state index in [-0.39, 0.29) is 18.0 Å². The fourth-order valence-electron chi connectivity index (χ4n) is 4.48. The second-order valence-electron chi connectivity index (χ2n) is 7.54. The number of benzene rings is 1. The highest BCUT2D eigenvalue weighted by atomic mass is 35.5. The highest BCUT2D eigenvalue weighted by molar-refractivity contribution is 6.04. The Bertz CT molecular complexity index is 788. The molecule has 0 bridgehead atoms. The summed E-state index contributed by atoms with van der Waals surface area (Å²) in [6, 6.07) is 7.18. The Balaban J connectivity index is 0.00000157. The minimum absolute atomic E-state index is 0. The van der Waals surface area contributed by atoms with Gasteiger partial charge in [-0.2, -0.15) is 5.10 Å². The number of nitrogens with one attached hydrogen (secondary N) is 1. The van der Waals surface area contributed by atoms with Gasteiger partial charge in [0.15, 0.2) is 0 Å². The van der Waals surface area contributed by atoms with E-state index in [0.717, 1.165) is 38.1 Å². The number of aromatic nitrogens is 2. The third kappa shape index (κ3) is 2.93. The molecule has 134 valence electrons. The van der Waals surface area contributed by atoms with E-state index in [4.69, 9.17) is 4.84 Å². The standard InChI is InChI=1S/C19H24N4O.ClH/c1-2-4-16(3-1)23-18-11-14(5-6-15(18)13-21-23)17-12-19(24-22-17)7-9-20-10-8-19;/h5-6,11,13,16,20H,1-4,7-10,12H2;1H. The molecule has 1 spiro atoms. The van der Waals surface area contributed by atoms with Gasteiger partial charge in [-0.3, -0.25) is 4.68 Å². The number of fused-ring (bicyclic) bond motifs is 1. The zero-order valence-electron chi connectivity index (χ0n) is 14.4. The van der Waals surface area contributed by atoms with Crippen LogP contribution in [0.2, 0.25) is 0 Å². The van der Waals surface area contributed by atoms with Gasteiger partial charge in [-0.15, -0.1) is 12.4 Å². The van der Waals surface area contributed by atoms with Crippen LogP contribution in [-0.4, -0.2) is 34.2 Å². The summed E-state index contributed by atoms with van der Waals surface area (Å²) in [6.45, 7) is 2.05. The minimum atomic E-state index is -0.0682. The van der Waals surface area contributed by atoms with Crippen LogP contribution < -0.4 is 5.32 Å². The summed E-state index contributed by atoms with van der Waals surface area (Å²) in [5, 5.41) is 13.8. The van der Waals surface area contributed by atoms with Gasteiger partial charge in [0.25, 0.3) is 0 Å². The fourth-order valence-corrected chi connectivity index (χ4v) is 4.48. The van der Waals surface area contributed by atoms with Gasteiger partial charge in [-0.05, 0) is 32.0 Å². The Morgan fingerprint density at radius 3 is 2.76 bits per heavy atom. The van der Waals surface area contributed by atoms with Crippen LogP contribution in [0, 0.1) is 0 Å². The summed E-state index contributed by atoms with van der Waals surface area (Å²) >= 11 is 0. The normalized spacial score (nSPS) is 22.8. The molecule has 25 heavy (non-hydrogen) atoms. The van der Waals surface area contributed by atoms with E-state index in [1.54, 1.807) is 0 Å². The lowest BCUT2D eigenvalue weighted by Gasteiger charge is -2.30. The molecule has 1 N–H and O–H groups in total. The first-order valence-corrected chi connectivity index (χ1v) is 9.26. The predicted octanol–water partition coefficient (Wildman–Crippen LogP) is 3.82. The summed E-state index contributed by atoms with van der Waals surface area (Å²) in [6.07, 6.45) is 10.2. The fraction of sp³-hybridized carbons (Fsp3) is 0.579. The largest absolute Gasteiger partial charge is 0.388 e. The van der Waals surface area contributed by atoms with Gasteiger partial charge in [0.05, 0.1) is 23.5 Å². The Morgan fingerprint density at radius 1 is 1.16 bits per heavy atom. The first kappa shape index (κ1) is 16.9. The quantitative estimate of drug-likeness (QED) is 0.885. The Kier molecular flexibility index (Phi) is 4.46. The summed E-state index contributed by atoms with van der Waals surface area (Å²) in [4.78, 5) is 5.90. The van der Waals surface area contributed by atoms with Crippen LogP contribution in [0.1, 0.15) is 56.6 Å². The summed E-state index contributed by atoms with van der Waals surface area (Å²) in [7, 11) is 0. The third-order valence-electron chi connectivity index (χ3n) is 5.96. The zero-order chi connectivity index (χ0) is 16.0. The van der Waals surface area contributed by atoms with Gasteiger partial charge in [0.2, 0.25) is 0 Å². The molecule has 0 atom stereocenters. The monoisotopic (exact) mass is 360 g/mol. The lowest BCUT2D eigenvalue weighted by molar-refractivity contribution is -0.0400. The SMILES string of the molecule is Cl.c1cc2cnn(C3CCCC3)c2cc1C1=NOC2(CCNCC2)C1. The number of oxime groups is 1. The number of rotatable bonds is 2. The number of hydrogen-bond donors (Lipinski definition) is 1. The Morgan fingerprint density at radius 2 is 1.96 bits per heavy atom. The maximum absolute atomic E-state index is 5.90. The Hall–Kier alpha value is -1.59. The number of hydrogen-bond acceptors (Lipinski definition) is 4. The lowest BCUT2D eigenvalue weighted by Crippen LogP contribution is -2.42. The molecular weight excluding hydrogens is 336 g/mol. The molecule has 2 fully saturated rings. The van der Waals surface area contributed by atoms with Crippen LogP contribution in [0.25, 0.3) is 10.9 Å². The van der Waals surface area contributed by atoms with Crippen molar-refractivity contribution in [3.05, 3.63) is 30.0 Å². The summed E-state index contributed by atoms with van der Waals surface area (Å²) < 4.78 is 2.24. The van der Waals surface area contributed by atoms with Gasteiger partial charge < -0.3 is 10.2 Å². The Labute approximate surface area is 154 Å². The van der Waals surface area contributed by atoms with Crippen molar-refractivity contribution >= 4 is 29.0 Å². The first-order chi connectivity index (χ1) is 11.8. The molecule has 2 aromatic rings. The maximum Gasteiger partial charge on any atom is 0.145 e. The van der Waals surface area contributed by atoms with Crippen molar-refractivity contribution in [3.8, 4) is 0 Å². The van der Waals surface area contributed by atoms with E-state index in [1.165, 1.54) is 42.1 Å². The van der Waals surface area contributed by atoms with Gasteiger partial charge in [0.1, 0.15) is 5.60 Å². The molecule has 6 heteroatoms. The van der Waals surface area contributed by atoms with Crippen molar-refractivity contribution in [2.75, 3.05) is 13.1 Å². The summed E-state index contributed by atoms with van der Waals surface area (Å²) in [5.41, 5.74) is 3.46. The molecule has 5 nitrogen and oxygen atoms in total. The van der Waals surface area contributed by atoms with Crippen molar-refractivity contribution in [2.24, 2.45) is 5.16 Å². The summed E-state index contributed by atoms with van der Waals surface area (Å²) in [5.74, 6) is 0. The first-order valence-electron chi connectivity index (χ1n) is 9.26. The van der Waals surface area contributed by atoms with Crippen LogP contribution in [-0.2, 0) is 4.84 Å². The van der Waals surface area contributed by atoms with Crippen molar-refractivity contribution in [2.45, 2.75) is 56.6 Å². The predicted molar refractivity (Wildman–Crippen MR) is 102 cm³/mol. The molecule has 1 saturated carbocycles. The van der Waals surface area contributed by atoms with Crippen molar-refractivity contribution in [3.63, 3.8) is 0 Å². The van der Waals surface area contributed by atoms with Gasteiger partial charge in [-0.1, -0.05) is 30.1 Å². The van der Waals surface area contributed by atoms with Crippen LogP contribution in [0.3, 0.4) is 0 Å². The number of halogens is 1. The molecule has 1 saturated heterocycles. The highest BCUT2D eigenvalue weighted by Crippen LogP contribution is 2.36. The minimum Gasteiger partial charge on any atom is -0.388 e. The lowest BCUT2D eigenvalue weighted by atomic mass is 9.86. The van der Waals surface area contributed by atoms with Crippen molar-refractivity contribution < 1.29 is 4.84 Å². The number of piperidine rings is 1. The molecule has 0 unspecified atom stereocenters. The van der Waals surface area contributed by atoms with Gasteiger partial charge in [0, 0.05) is 30.2 Å². The molecule has 1 aromatic carbocycles. The highest BCUT2D eigenvalue weighted by Gasteiger charge is 2.40. The average Bonchev–Trinajstić information content (AvgIpc) is 3.34. The zero-order valence-corrected chi connectivity index (χ0v) is 15.2. The molecule has 3 heterocycles. The van der Waals surface area contributed by atoms with Crippen LogP contribution in [0.4, 0.5) is 0 Å².